The van der Waals surface area contributed by atoms with Gasteiger partial charge >= 0.3 is 0 Å². The highest BCUT2D eigenvalue weighted by atomic mass is 127. The maximum absolute atomic E-state index is 11.4. The van der Waals surface area contributed by atoms with Gasteiger partial charge in [0.15, 0.2) is 27.3 Å². The predicted molar refractivity (Wildman–Crippen MR) is 110 cm³/mol. The van der Waals surface area contributed by atoms with Crippen molar-refractivity contribution in [3.05, 3.63) is 18.2 Å². The van der Waals surface area contributed by atoms with Crippen LogP contribution in [-0.2, 0) is 9.84 Å². The Labute approximate surface area is 165 Å². The van der Waals surface area contributed by atoms with E-state index in [4.69, 9.17) is 15.2 Å². The second-order valence-corrected chi connectivity index (χ2v) is 7.76. The van der Waals surface area contributed by atoms with Crippen LogP contribution < -0.4 is 20.5 Å². The Hall–Kier alpha value is -1.27. The minimum atomic E-state index is -2.85. The lowest BCUT2D eigenvalue weighted by atomic mass is 10.3. The lowest BCUT2D eigenvalue weighted by molar-refractivity contribution is 0.304. The van der Waals surface area contributed by atoms with Gasteiger partial charge in [0.1, 0.15) is 0 Å². The number of halogens is 1. The van der Waals surface area contributed by atoms with Crippen LogP contribution in [0.3, 0.4) is 0 Å². The minimum absolute atomic E-state index is 0. The number of benzene rings is 1. The van der Waals surface area contributed by atoms with E-state index in [9.17, 15) is 8.42 Å². The molecule has 1 aliphatic heterocycles. The molecule has 2 rings (SSSR count). The molecule has 10 heteroatoms. The lowest BCUT2D eigenvalue weighted by Gasteiger charge is -2.25. The SMILES string of the molecule is COc1ccc(NC(N)=NCCN2CCS(=O)(=O)CC2)cc1OC.I. The number of methoxy groups -OCH3 is 2. The van der Waals surface area contributed by atoms with Gasteiger partial charge in [-0.05, 0) is 12.1 Å². The summed E-state index contributed by atoms with van der Waals surface area (Å²) in [5.74, 6) is 1.97. The topological polar surface area (TPSA) is 106 Å². The molecule has 0 atom stereocenters. The number of sulfone groups is 1. The summed E-state index contributed by atoms with van der Waals surface area (Å²) in [7, 11) is 0.297. The van der Waals surface area contributed by atoms with Crippen LogP contribution in [0.4, 0.5) is 5.69 Å². The van der Waals surface area contributed by atoms with Crippen molar-refractivity contribution in [2.24, 2.45) is 10.7 Å². The van der Waals surface area contributed by atoms with Crippen LogP contribution in [0, 0.1) is 0 Å². The molecule has 142 valence electrons. The molecule has 25 heavy (non-hydrogen) atoms. The number of aliphatic imine (C=N–C) groups is 1. The van der Waals surface area contributed by atoms with Gasteiger partial charge in [0, 0.05) is 31.4 Å². The first-order valence-corrected chi connectivity index (χ1v) is 9.47. The Kier molecular flexibility index (Phi) is 8.73. The largest absolute Gasteiger partial charge is 0.493 e. The molecule has 0 aromatic heterocycles. The highest BCUT2D eigenvalue weighted by Gasteiger charge is 2.20. The van der Waals surface area contributed by atoms with Gasteiger partial charge < -0.3 is 20.5 Å². The highest BCUT2D eigenvalue weighted by Crippen LogP contribution is 2.29. The molecule has 0 saturated carbocycles. The van der Waals surface area contributed by atoms with Crippen LogP contribution in [0.5, 0.6) is 11.5 Å². The molecule has 0 unspecified atom stereocenters. The van der Waals surface area contributed by atoms with Gasteiger partial charge in [-0.3, -0.25) is 9.89 Å². The third-order valence-electron chi connectivity index (χ3n) is 3.79. The van der Waals surface area contributed by atoms with Crippen molar-refractivity contribution >= 4 is 45.5 Å². The fourth-order valence-electron chi connectivity index (χ4n) is 2.39. The van der Waals surface area contributed by atoms with Crippen molar-refractivity contribution < 1.29 is 17.9 Å². The predicted octanol–water partition coefficient (Wildman–Crippen LogP) is 0.779. The van der Waals surface area contributed by atoms with E-state index in [1.165, 1.54) is 0 Å². The second-order valence-electron chi connectivity index (χ2n) is 5.46. The maximum Gasteiger partial charge on any atom is 0.193 e. The van der Waals surface area contributed by atoms with Gasteiger partial charge in [-0.15, -0.1) is 24.0 Å². The van der Waals surface area contributed by atoms with Crippen molar-refractivity contribution in [3.8, 4) is 11.5 Å². The number of ether oxygens (including phenoxy) is 2. The Balaban J connectivity index is 0.00000312. The maximum atomic E-state index is 11.4. The van der Waals surface area contributed by atoms with E-state index in [2.05, 4.69) is 15.2 Å². The summed E-state index contributed by atoms with van der Waals surface area (Å²) in [6.07, 6.45) is 0. The monoisotopic (exact) mass is 484 g/mol. The Morgan fingerprint density at radius 1 is 1.24 bits per heavy atom. The molecule has 8 nitrogen and oxygen atoms in total. The van der Waals surface area contributed by atoms with Crippen LogP contribution in [0.2, 0.25) is 0 Å². The molecule has 0 spiro atoms. The van der Waals surface area contributed by atoms with E-state index in [0.717, 1.165) is 5.69 Å². The van der Waals surface area contributed by atoms with Gasteiger partial charge in [0.2, 0.25) is 0 Å². The summed E-state index contributed by atoms with van der Waals surface area (Å²) < 4.78 is 33.2. The molecule has 3 N–H and O–H groups in total. The van der Waals surface area contributed by atoms with Crippen molar-refractivity contribution in [2.75, 3.05) is 57.2 Å². The Bertz CT molecular complexity index is 683. The zero-order valence-electron chi connectivity index (χ0n) is 14.4. The van der Waals surface area contributed by atoms with Crippen LogP contribution in [0.15, 0.2) is 23.2 Å². The third kappa shape index (κ3) is 6.86. The highest BCUT2D eigenvalue weighted by molar-refractivity contribution is 14.0. The molecular weight excluding hydrogens is 459 g/mol. The van der Waals surface area contributed by atoms with Crippen molar-refractivity contribution in [3.63, 3.8) is 0 Å². The molecule has 1 heterocycles. The summed E-state index contributed by atoms with van der Waals surface area (Å²) in [6.45, 7) is 2.30. The van der Waals surface area contributed by atoms with E-state index in [1.807, 2.05) is 6.07 Å². The van der Waals surface area contributed by atoms with Crippen molar-refractivity contribution in [1.29, 1.82) is 0 Å². The summed E-state index contributed by atoms with van der Waals surface area (Å²) in [5.41, 5.74) is 6.63. The molecule has 1 saturated heterocycles. The zero-order valence-corrected chi connectivity index (χ0v) is 17.5. The zero-order chi connectivity index (χ0) is 17.6. The fraction of sp³-hybridized carbons (Fsp3) is 0.533. The van der Waals surface area contributed by atoms with Crippen LogP contribution in [0.25, 0.3) is 0 Å². The average molecular weight is 484 g/mol. The smallest absolute Gasteiger partial charge is 0.193 e. The van der Waals surface area contributed by atoms with Gasteiger partial charge in [-0.25, -0.2) is 8.42 Å². The van der Waals surface area contributed by atoms with Gasteiger partial charge in [0.05, 0.1) is 32.3 Å². The van der Waals surface area contributed by atoms with E-state index in [0.29, 0.717) is 43.6 Å². The third-order valence-corrected chi connectivity index (χ3v) is 5.40. The first kappa shape index (κ1) is 21.8. The van der Waals surface area contributed by atoms with Gasteiger partial charge in [-0.1, -0.05) is 0 Å². The molecule has 0 bridgehead atoms. The molecule has 1 aliphatic rings. The average Bonchev–Trinajstić information content (AvgIpc) is 2.56. The second kappa shape index (κ2) is 10.0. The lowest BCUT2D eigenvalue weighted by Crippen LogP contribution is -2.41. The molecule has 0 amide bonds. The summed E-state index contributed by atoms with van der Waals surface area (Å²) in [6, 6.07) is 5.37. The number of hydrogen-bond donors (Lipinski definition) is 2. The first-order chi connectivity index (χ1) is 11.4. The fourth-order valence-corrected chi connectivity index (χ4v) is 3.66. The number of nitrogens with two attached hydrogens (primary N) is 1. The minimum Gasteiger partial charge on any atom is -0.493 e. The van der Waals surface area contributed by atoms with Gasteiger partial charge in [-0.2, -0.15) is 0 Å². The number of nitrogens with one attached hydrogen (secondary N) is 1. The van der Waals surface area contributed by atoms with Crippen LogP contribution in [0.1, 0.15) is 0 Å². The molecule has 1 aromatic rings. The molecule has 1 fully saturated rings. The van der Waals surface area contributed by atoms with E-state index >= 15 is 0 Å². The summed E-state index contributed by atoms with van der Waals surface area (Å²) >= 11 is 0. The first-order valence-electron chi connectivity index (χ1n) is 7.65. The molecule has 0 radical (unpaired) electrons. The number of nitrogens with zero attached hydrogens (tertiary/aromatic N) is 2. The molecule has 0 aliphatic carbocycles. The number of rotatable bonds is 6. The number of guanidine groups is 1. The summed E-state index contributed by atoms with van der Waals surface area (Å²) in [5, 5.41) is 3.00. The van der Waals surface area contributed by atoms with Crippen molar-refractivity contribution in [2.45, 2.75) is 0 Å². The normalized spacial score (nSPS) is 17.4. The van der Waals surface area contributed by atoms with E-state index in [1.54, 1.807) is 26.4 Å². The van der Waals surface area contributed by atoms with Crippen LogP contribution >= 0.6 is 24.0 Å². The van der Waals surface area contributed by atoms with Crippen LogP contribution in [-0.4, -0.2) is 71.2 Å². The standard InChI is InChI=1S/C15H24N4O4S.HI/c1-22-13-4-3-12(11-14(13)23-2)18-15(16)17-5-6-19-7-9-24(20,21)10-8-19;/h3-4,11H,5-10H2,1-2H3,(H3,16,17,18);1H. The van der Waals surface area contributed by atoms with Gasteiger partial charge in [0.25, 0.3) is 0 Å². The number of hydrogen-bond acceptors (Lipinski definition) is 6. The Morgan fingerprint density at radius 3 is 2.48 bits per heavy atom. The van der Waals surface area contributed by atoms with E-state index < -0.39 is 9.84 Å². The van der Waals surface area contributed by atoms with Crippen molar-refractivity contribution in [1.82, 2.24) is 4.90 Å². The van der Waals surface area contributed by atoms with E-state index in [-0.39, 0.29) is 35.5 Å². The molecule has 1 aromatic carbocycles. The summed E-state index contributed by atoms with van der Waals surface area (Å²) in [4.78, 5) is 6.35. The number of anilines is 1. The Morgan fingerprint density at radius 2 is 1.88 bits per heavy atom. The molecular formula is C15H25IN4O4S. The quantitative estimate of drug-likeness (QED) is 0.349.